The fraction of sp³-hybridized carbons (Fsp3) is 0.304. The lowest BCUT2D eigenvalue weighted by atomic mass is 9.96. The summed E-state index contributed by atoms with van der Waals surface area (Å²) < 4.78 is 13.9. The normalized spacial score (nSPS) is 18.0. The molecule has 0 spiro atoms. The molecule has 2 aromatic heterocycles. The highest BCUT2D eigenvalue weighted by atomic mass is 19.1. The summed E-state index contributed by atoms with van der Waals surface area (Å²) in [5.74, 6) is 0.103. The minimum atomic E-state index is -0.487. The van der Waals surface area contributed by atoms with E-state index in [-0.39, 0.29) is 47.9 Å². The molecule has 10 heteroatoms. The van der Waals surface area contributed by atoms with Crippen molar-refractivity contribution in [3.8, 4) is 6.07 Å². The topological polar surface area (TPSA) is 145 Å². The van der Waals surface area contributed by atoms with Gasteiger partial charge in [0.1, 0.15) is 40.7 Å². The van der Waals surface area contributed by atoms with Crippen LogP contribution in [0.4, 0.5) is 33.3 Å². The third kappa shape index (κ3) is 3.29. The first-order chi connectivity index (χ1) is 15.9. The Labute approximate surface area is 189 Å². The van der Waals surface area contributed by atoms with Crippen molar-refractivity contribution in [1.82, 2.24) is 9.97 Å². The number of carbonyl (C=O) groups excluding carboxylic acids is 1. The van der Waals surface area contributed by atoms with Crippen molar-refractivity contribution in [2.24, 2.45) is 5.92 Å². The minimum Gasteiger partial charge on any atom is -0.396 e. The molecule has 0 saturated carbocycles. The maximum atomic E-state index is 13.9. The van der Waals surface area contributed by atoms with Crippen LogP contribution in [0.1, 0.15) is 24.0 Å². The molecule has 3 aromatic rings. The van der Waals surface area contributed by atoms with E-state index in [1.807, 2.05) is 4.90 Å². The fourth-order valence-corrected chi connectivity index (χ4v) is 4.82. The van der Waals surface area contributed by atoms with Crippen LogP contribution in [0.3, 0.4) is 0 Å². The number of nitriles is 1. The lowest BCUT2D eigenvalue weighted by Crippen LogP contribution is -2.38. The van der Waals surface area contributed by atoms with Crippen molar-refractivity contribution in [3.05, 3.63) is 41.2 Å². The summed E-state index contributed by atoms with van der Waals surface area (Å²) in [6, 6.07) is 7.89. The number of rotatable bonds is 3. The Kier molecular flexibility index (Phi) is 4.98. The molecule has 33 heavy (non-hydrogen) atoms. The van der Waals surface area contributed by atoms with E-state index in [0.717, 1.165) is 12.8 Å². The molecule has 2 aliphatic rings. The number of amides is 1. The number of hydrogen-bond donors (Lipinski definition) is 3. The Morgan fingerprint density at radius 1 is 1.21 bits per heavy atom. The number of hydrogen-bond acceptors (Lipinski definition) is 8. The molecule has 1 saturated heterocycles. The summed E-state index contributed by atoms with van der Waals surface area (Å²) >= 11 is 0. The number of aliphatic hydroxyl groups is 1. The second-order valence-electron chi connectivity index (χ2n) is 8.38. The van der Waals surface area contributed by atoms with Crippen LogP contribution < -0.4 is 21.3 Å². The minimum absolute atomic E-state index is 0.0353. The van der Waals surface area contributed by atoms with Gasteiger partial charge in [-0.3, -0.25) is 9.69 Å². The predicted octanol–water partition coefficient (Wildman–Crippen LogP) is 2.23. The number of aromatic nitrogens is 2. The largest absolute Gasteiger partial charge is 0.396 e. The SMILES string of the molecule is N#Cc1c(N2CCCC(CO)C2)nc(N)c2c(N)nc3c(c12)CC(=O)N3c1cccc(F)c1. The summed E-state index contributed by atoms with van der Waals surface area (Å²) in [6.07, 6.45) is 1.70. The molecule has 0 aliphatic carbocycles. The van der Waals surface area contributed by atoms with Gasteiger partial charge in [0, 0.05) is 30.6 Å². The van der Waals surface area contributed by atoms with Crippen molar-refractivity contribution in [1.29, 1.82) is 5.26 Å². The Bertz CT molecular complexity index is 1340. The third-order valence-corrected chi connectivity index (χ3v) is 6.30. The van der Waals surface area contributed by atoms with Gasteiger partial charge in [-0.25, -0.2) is 14.4 Å². The Balaban J connectivity index is 1.75. The van der Waals surface area contributed by atoms with Crippen LogP contribution in [0, 0.1) is 23.1 Å². The molecule has 5 N–H and O–H groups in total. The van der Waals surface area contributed by atoms with Gasteiger partial charge in [0.25, 0.3) is 0 Å². The van der Waals surface area contributed by atoms with E-state index in [9.17, 15) is 19.6 Å². The molecule has 168 valence electrons. The lowest BCUT2D eigenvalue weighted by molar-refractivity contribution is -0.116. The first-order valence-corrected chi connectivity index (χ1v) is 10.7. The maximum Gasteiger partial charge on any atom is 0.237 e. The molecular formula is C23H22FN7O2. The van der Waals surface area contributed by atoms with Crippen LogP contribution in [0.15, 0.2) is 24.3 Å². The smallest absolute Gasteiger partial charge is 0.237 e. The highest BCUT2D eigenvalue weighted by Gasteiger charge is 2.35. The number of pyridine rings is 2. The summed E-state index contributed by atoms with van der Waals surface area (Å²) in [7, 11) is 0. The van der Waals surface area contributed by atoms with Gasteiger partial charge in [-0.1, -0.05) is 6.07 Å². The van der Waals surface area contributed by atoms with Gasteiger partial charge in [0.05, 0.1) is 17.5 Å². The summed E-state index contributed by atoms with van der Waals surface area (Å²) in [5.41, 5.74) is 13.6. The number of anilines is 5. The van der Waals surface area contributed by atoms with E-state index in [1.54, 1.807) is 6.07 Å². The van der Waals surface area contributed by atoms with E-state index in [4.69, 9.17) is 11.5 Å². The van der Waals surface area contributed by atoms with Gasteiger partial charge >= 0.3 is 0 Å². The maximum absolute atomic E-state index is 13.9. The number of nitrogens with two attached hydrogens (primary N) is 2. The van der Waals surface area contributed by atoms with Crippen molar-refractivity contribution in [2.75, 3.05) is 41.0 Å². The number of benzene rings is 1. The molecule has 1 fully saturated rings. The first kappa shape index (κ1) is 20.9. The van der Waals surface area contributed by atoms with Crippen LogP contribution in [0.25, 0.3) is 10.8 Å². The van der Waals surface area contributed by atoms with Crippen molar-refractivity contribution >= 4 is 45.6 Å². The summed E-state index contributed by atoms with van der Waals surface area (Å²) in [4.78, 5) is 25.2. The zero-order valence-electron chi connectivity index (χ0n) is 17.8. The van der Waals surface area contributed by atoms with Crippen molar-refractivity contribution in [3.63, 3.8) is 0 Å². The first-order valence-electron chi connectivity index (χ1n) is 10.7. The molecule has 0 radical (unpaired) electrons. The van der Waals surface area contributed by atoms with Crippen LogP contribution in [0.5, 0.6) is 0 Å². The summed E-state index contributed by atoms with van der Waals surface area (Å²) in [6.45, 7) is 1.26. The molecule has 9 nitrogen and oxygen atoms in total. The number of fused-ring (bicyclic) bond motifs is 3. The average Bonchev–Trinajstić information content (AvgIpc) is 3.14. The quantitative estimate of drug-likeness (QED) is 0.554. The van der Waals surface area contributed by atoms with E-state index < -0.39 is 5.82 Å². The zero-order valence-corrected chi connectivity index (χ0v) is 17.8. The average molecular weight is 447 g/mol. The van der Waals surface area contributed by atoms with Gasteiger partial charge in [-0.15, -0.1) is 0 Å². The molecule has 0 bridgehead atoms. The molecule has 1 atom stereocenters. The third-order valence-electron chi connectivity index (χ3n) is 6.30. The number of halogens is 1. The zero-order chi connectivity index (χ0) is 23.3. The Hall–Kier alpha value is -3.97. The van der Waals surface area contributed by atoms with Crippen molar-refractivity contribution < 1.29 is 14.3 Å². The molecule has 1 unspecified atom stereocenters. The number of piperidine rings is 1. The molecule has 2 aliphatic heterocycles. The monoisotopic (exact) mass is 447 g/mol. The van der Waals surface area contributed by atoms with E-state index in [0.29, 0.717) is 40.9 Å². The molecule has 1 aromatic carbocycles. The number of nitrogen functional groups attached to an aromatic ring is 2. The number of aliphatic hydroxyl groups excluding tert-OH is 1. The molecule has 1 amide bonds. The Morgan fingerprint density at radius 2 is 1.97 bits per heavy atom. The van der Waals surface area contributed by atoms with Crippen LogP contribution >= 0.6 is 0 Å². The predicted molar refractivity (Wildman–Crippen MR) is 122 cm³/mol. The Morgan fingerprint density at radius 3 is 2.67 bits per heavy atom. The second-order valence-corrected chi connectivity index (χ2v) is 8.38. The van der Waals surface area contributed by atoms with E-state index in [2.05, 4.69) is 16.0 Å². The van der Waals surface area contributed by atoms with Gasteiger partial charge in [-0.05, 0) is 37.0 Å². The molecule has 4 heterocycles. The fourth-order valence-electron chi connectivity index (χ4n) is 4.82. The number of carbonyl (C=O) groups is 1. The summed E-state index contributed by atoms with van der Waals surface area (Å²) in [5, 5.41) is 20.6. The number of nitrogens with zero attached hydrogens (tertiary/aromatic N) is 5. The second kappa shape index (κ2) is 7.86. The molecule has 5 rings (SSSR count). The highest BCUT2D eigenvalue weighted by Crippen LogP contribution is 2.44. The van der Waals surface area contributed by atoms with Gasteiger partial charge < -0.3 is 21.5 Å². The van der Waals surface area contributed by atoms with E-state index in [1.165, 1.54) is 23.1 Å². The van der Waals surface area contributed by atoms with Crippen molar-refractivity contribution in [2.45, 2.75) is 19.3 Å². The standard InChI is InChI=1S/C23H22FN7O2/c24-13-4-1-5-14(7-13)31-17(33)8-15-18-16(9-25)22(30-6-2-3-12(10-30)11-32)28-20(26)19(18)21(27)29-23(15)31/h1,4-5,7,12,32H,2-3,6,8,10-11H2,(H2,26,28)(H2,27,29). The highest BCUT2D eigenvalue weighted by molar-refractivity contribution is 6.15. The van der Waals surface area contributed by atoms with Gasteiger partial charge in [-0.2, -0.15) is 5.26 Å². The van der Waals surface area contributed by atoms with Crippen LogP contribution in [-0.2, 0) is 11.2 Å². The van der Waals surface area contributed by atoms with Crippen LogP contribution in [-0.4, -0.2) is 40.7 Å². The van der Waals surface area contributed by atoms with Gasteiger partial charge in [0.15, 0.2) is 0 Å². The lowest BCUT2D eigenvalue weighted by Gasteiger charge is -2.33. The van der Waals surface area contributed by atoms with Gasteiger partial charge in [0.2, 0.25) is 5.91 Å². The molecular weight excluding hydrogens is 425 g/mol. The van der Waals surface area contributed by atoms with Crippen LogP contribution in [0.2, 0.25) is 0 Å². The van der Waals surface area contributed by atoms with E-state index >= 15 is 0 Å².